The molecular weight excluding hydrogens is 267 g/mol. The van der Waals surface area contributed by atoms with Crippen LogP contribution in [-0.4, -0.2) is 27.9 Å². The molecular formula is C13H13FN2O2S. The van der Waals surface area contributed by atoms with Gasteiger partial charge in [-0.05, 0) is 25.1 Å². The van der Waals surface area contributed by atoms with Crippen LogP contribution < -0.4 is 0 Å². The molecule has 0 aliphatic heterocycles. The predicted octanol–water partition coefficient (Wildman–Crippen LogP) is 2.57. The molecule has 19 heavy (non-hydrogen) atoms. The summed E-state index contributed by atoms with van der Waals surface area (Å²) < 4.78 is 13.1. The Hall–Kier alpha value is -1.95. The van der Waals surface area contributed by atoms with E-state index in [1.165, 1.54) is 22.3 Å². The van der Waals surface area contributed by atoms with Crippen molar-refractivity contribution in [1.29, 1.82) is 0 Å². The monoisotopic (exact) mass is 280 g/mol. The molecule has 4 nitrogen and oxygen atoms in total. The van der Waals surface area contributed by atoms with E-state index >= 15 is 0 Å². The van der Waals surface area contributed by atoms with E-state index in [1.54, 1.807) is 12.6 Å². The fourth-order valence-corrected chi connectivity index (χ4v) is 2.48. The summed E-state index contributed by atoms with van der Waals surface area (Å²) in [6.07, 6.45) is 0. The Morgan fingerprint density at radius 1 is 1.53 bits per heavy atom. The van der Waals surface area contributed by atoms with Gasteiger partial charge < -0.3 is 10.0 Å². The number of rotatable bonds is 3. The van der Waals surface area contributed by atoms with Gasteiger partial charge in [0.1, 0.15) is 11.6 Å². The molecule has 1 aromatic carbocycles. The number of carbonyl (C=O) groups excluding carboxylic acids is 1. The summed E-state index contributed by atoms with van der Waals surface area (Å²) in [6.45, 7) is 2.25. The summed E-state index contributed by atoms with van der Waals surface area (Å²) in [4.78, 5) is 18.6. The third-order valence-corrected chi connectivity index (χ3v) is 3.68. The van der Waals surface area contributed by atoms with Crippen molar-refractivity contribution in [3.8, 4) is 5.75 Å². The average molecular weight is 280 g/mol. The Balaban J connectivity index is 2.19. The molecule has 2 rings (SSSR count). The quantitative estimate of drug-likeness (QED) is 0.940. The van der Waals surface area contributed by atoms with E-state index in [0.29, 0.717) is 6.54 Å². The van der Waals surface area contributed by atoms with Crippen LogP contribution in [0.4, 0.5) is 4.39 Å². The minimum Gasteiger partial charge on any atom is -0.507 e. The second-order valence-electron chi connectivity index (χ2n) is 4.18. The molecule has 0 radical (unpaired) electrons. The SMILES string of the molecule is Cc1ncsc1CN(C)C(=O)c1cc(F)ccc1O. The van der Waals surface area contributed by atoms with Crippen LogP contribution in [0.15, 0.2) is 23.7 Å². The van der Waals surface area contributed by atoms with Gasteiger partial charge in [0, 0.05) is 11.9 Å². The van der Waals surface area contributed by atoms with Gasteiger partial charge in [0.25, 0.3) is 5.91 Å². The lowest BCUT2D eigenvalue weighted by Gasteiger charge is -2.17. The van der Waals surface area contributed by atoms with Gasteiger partial charge in [0.2, 0.25) is 0 Å². The third-order valence-electron chi connectivity index (χ3n) is 2.76. The van der Waals surface area contributed by atoms with Gasteiger partial charge in [0.05, 0.1) is 23.3 Å². The van der Waals surface area contributed by atoms with Crippen LogP contribution in [0.3, 0.4) is 0 Å². The van der Waals surface area contributed by atoms with Crippen LogP contribution in [-0.2, 0) is 6.54 Å². The van der Waals surface area contributed by atoms with Crippen LogP contribution in [0.2, 0.25) is 0 Å². The van der Waals surface area contributed by atoms with Crippen LogP contribution in [0.5, 0.6) is 5.75 Å². The Kier molecular flexibility index (Phi) is 3.80. The average Bonchev–Trinajstić information content (AvgIpc) is 2.77. The maximum Gasteiger partial charge on any atom is 0.257 e. The number of hydrogen-bond donors (Lipinski definition) is 1. The molecule has 2 aromatic rings. The van der Waals surface area contributed by atoms with Gasteiger partial charge in [0.15, 0.2) is 0 Å². The van der Waals surface area contributed by atoms with Crippen molar-refractivity contribution in [2.75, 3.05) is 7.05 Å². The Labute approximate surface area is 114 Å². The summed E-state index contributed by atoms with van der Waals surface area (Å²) in [7, 11) is 1.60. The molecule has 6 heteroatoms. The summed E-state index contributed by atoms with van der Waals surface area (Å²) in [5.41, 5.74) is 2.54. The van der Waals surface area contributed by atoms with Crippen molar-refractivity contribution in [3.63, 3.8) is 0 Å². The van der Waals surface area contributed by atoms with Crippen LogP contribution >= 0.6 is 11.3 Å². The summed E-state index contributed by atoms with van der Waals surface area (Å²) >= 11 is 1.46. The number of aromatic nitrogens is 1. The normalized spacial score (nSPS) is 10.5. The van der Waals surface area contributed by atoms with Crippen molar-refractivity contribution in [2.24, 2.45) is 0 Å². The Bertz CT molecular complexity index is 612. The molecule has 0 aliphatic rings. The number of amides is 1. The van der Waals surface area contributed by atoms with Crippen LogP contribution in [0, 0.1) is 12.7 Å². The number of hydrogen-bond acceptors (Lipinski definition) is 4. The van der Waals surface area contributed by atoms with Crippen molar-refractivity contribution in [2.45, 2.75) is 13.5 Å². The number of phenols is 1. The van der Waals surface area contributed by atoms with Crippen molar-refractivity contribution in [3.05, 3.63) is 45.7 Å². The van der Waals surface area contributed by atoms with Crippen LogP contribution in [0.1, 0.15) is 20.9 Å². The molecule has 0 bridgehead atoms. The smallest absolute Gasteiger partial charge is 0.257 e. The van der Waals surface area contributed by atoms with E-state index in [-0.39, 0.29) is 11.3 Å². The predicted molar refractivity (Wildman–Crippen MR) is 70.7 cm³/mol. The standard InChI is InChI=1S/C13H13FN2O2S/c1-8-12(19-7-15-8)6-16(2)13(18)10-5-9(14)3-4-11(10)17/h3-5,7,17H,6H2,1-2H3. The molecule has 0 spiro atoms. The Morgan fingerprint density at radius 3 is 2.89 bits per heavy atom. The molecule has 0 fully saturated rings. The zero-order valence-corrected chi connectivity index (χ0v) is 11.4. The second kappa shape index (κ2) is 5.36. The van der Waals surface area contributed by atoms with Gasteiger partial charge >= 0.3 is 0 Å². The van der Waals surface area contributed by atoms with E-state index < -0.39 is 11.7 Å². The minimum atomic E-state index is -0.552. The number of aromatic hydroxyl groups is 1. The number of halogens is 1. The van der Waals surface area contributed by atoms with Crippen molar-refractivity contribution < 1.29 is 14.3 Å². The fourth-order valence-electron chi connectivity index (χ4n) is 1.65. The molecule has 0 saturated carbocycles. The molecule has 0 unspecified atom stereocenters. The van der Waals surface area contributed by atoms with Gasteiger partial charge in [-0.1, -0.05) is 0 Å². The highest BCUT2D eigenvalue weighted by Gasteiger charge is 2.18. The molecule has 100 valence electrons. The first-order valence-electron chi connectivity index (χ1n) is 5.62. The Morgan fingerprint density at radius 2 is 2.26 bits per heavy atom. The summed E-state index contributed by atoms with van der Waals surface area (Å²) in [5.74, 6) is -1.20. The molecule has 1 aromatic heterocycles. The first-order valence-corrected chi connectivity index (χ1v) is 6.50. The first-order chi connectivity index (χ1) is 8.99. The zero-order chi connectivity index (χ0) is 14.0. The van der Waals surface area contributed by atoms with E-state index in [0.717, 1.165) is 22.7 Å². The van der Waals surface area contributed by atoms with Gasteiger partial charge in [-0.15, -0.1) is 11.3 Å². The lowest BCUT2D eigenvalue weighted by molar-refractivity contribution is 0.0782. The van der Waals surface area contributed by atoms with E-state index in [2.05, 4.69) is 4.98 Å². The highest BCUT2D eigenvalue weighted by atomic mass is 32.1. The van der Waals surface area contributed by atoms with Crippen molar-refractivity contribution in [1.82, 2.24) is 9.88 Å². The number of benzene rings is 1. The summed E-state index contributed by atoms with van der Waals surface area (Å²) in [6, 6.07) is 3.32. The highest BCUT2D eigenvalue weighted by Crippen LogP contribution is 2.21. The molecule has 1 N–H and O–H groups in total. The maximum absolute atomic E-state index is 13.1. The molecule has 1 heterocycles. The van der Waals surface area contributed by atoms with Gasteiger partial charge in [-0.2, -0.15) is 0 Å². The third kappa shape index (κ3) is 2.90. The number of aryl methyl sites for hydroxylation is 1. The zero-order valence-electron chi connectivity index (χ0n) is 10.6. The maximum atomic E-state index is 13.1. The molecule has 0 atom stereocenters. The molecule has 1 amide bonds. The lowest BCUT2D eigenvalue weighted by atomic mass is 10.1. The minimum absolute atomic E-state index is 0.0373. The molecule has 0 aliphatic carbocycles. The van der Waals surface area contributed by atoms with E-state index in [4.69, 9.17) is 0 Å². The van der Waals surface area contributed by atoms with Gasteiger partial charge in [-0.25, -0.2) is 9.37 Å². The largest absolute Gasteiger partial charge is 0.507 e. The fraction of sp³-hybridized carbons (Fsp3) is 0.231. The topological polar surface area (TPSA) is 53.4 Å². The number of phenolic OH excluding ortho intramolecular Hbond substituents is 1. The number of nitrogens with zero attached hydrogens (tertiary/aromatic N) is 2. The summed E-state index contributed by atoms with van der Waals surface area (Å²) in [5, 5.41) is 9.61. The lowest BCUT2D eigenvalue weighted by Crippen LogP contribution is -2.26. The second-order valence-corrected chi connectivity index (χ2v) is 5.12. The van der Waals surface area contributed by atoms with Gasteiger partial charge in [-0.3, -0.25) is 4.79 Å². The van der Waals surface area contributed by atoms with Crippen molar-refractivity contribution >= 4 is 17.2 Å². The van der Waals surface area contributed by atoms with Crippen LogP contribution in [0.25, 0.3) is 0 Å². The number of carbonyl (C=O) groups is 1. The highest BCUT2D eigenvalue weighted by molar-refractivity contribution is 7.09. The van der Waals surface area contributed by atoms with E-state index in [1.807, 2.05) is 6.92 Å². The van der Waals surface area contributed by atoms with E-state index in [9.17, 15) is 14.3 Å². The molecule has 0 saturated heterocycles. The first kappa shape index (κ1) is 13.5. The number of thiazole rings is 1.